The minimum Gasteiger partial charge on any atom is -0.494 e. The Kier molecular flexibility index (Phi) is 5.78. The van der Waals surface area contributed by atoms with E-state index in [1.54, 1.807) is 0 Å². The van der Waals surface area contributed by atoms with E-state index >= 15 is 0 Å². The second-order valence-corrected chi connectivity index (χ2v) is 4.89. The zero-order valence-corrected chi connectivity index (χ0v) is 13.3. The number of rotatable bonds is 6. The number of esters is 1. The van der Waals surface area contributed by atoms with Crippen LogP contribution in [-0.2, 0) is 9.53 Å². The molecule has 0 aliphatic carbocycles. The number of halogens is 2. The number of methoxy groups -OCH3 is 1. The first-order valence-electron chi connectivity index (χ1n) is 7.06. The van der Waals surface area contributed by atoms with E-state index in [4.69, 9.17) is 4.74 Å². The first-order chi connectivity index (χ1) is 12.3. The average molecular weight is 366 g/mol. The minimum atomic E-state index is -1.15. The molecule has 1 N–H and O–H groups in total. The van der Waals surface area contributed by atoms with Gasteiger partial charge in [-0.3, -0.25) is 14.9 Å². The summed E-state index contributed by atoms with van der Waals surface area (Å²) >= 11 is 0. The molecule has 0 fully saturated rings. The van der Waals surface area contributed by atoms with Gasteiger partial charge in [-0.25, -0.2) is 13.6 Å². The number of nitrogens with one attached hydrogen (secondary N) is 1. The largest absolute Gasteiger partial charge is 0.494 e. The van der Waals surface area contributed by atoms with Crippen LogP contribution in [0.2, 0.25) is 0 Å². The maximum absolute atomic E-state index is 13.5. The van der Waals surface area contributed by atoms with Gasteiger partial charge in [-0.05, 0) is 18.2 Å². The topological polar surface area (TPSA) is 108 Å². The molecular formula is C16H12F2N2O6. The molecule has 0 radical (unpaired) electrons. The summed E-state index contributed by atoms with van der Waals surface area (Å²) in [5, 5.41) is 13.1. The number of hydrogen-bond donors (Lipinski definition) is 1. The molecule has 10 heteroatoms. The van der Waals surface area contributed by atoms with Crippen LogP contribution in [0.3, 0.4) is 0 Å². The Morgan fingerprint density at radius 3 is 2.54 bits per heavy atom. The quantitative estimate of drug-likeness (QED) is 0.478. The van der Waals surface area contributed by atoms with Gasteiger partial charge in [0.2, 0.25) is 0 Å². The number of non-ortho nitro benzene ring substituents is 1. The minimum absolute atomic E-state index is 0.0310. The summed E-state index contributed by atoms with van der Waals surface area (Å²) < 4.78 is 35.9. The molecule has 0 aromatic heterocycles. The number of carbonyl (C=O) groups excluding carboxylic acids is 2. The molecule has 0 aliphatic rings. The number of anilines is 1. The van der Waals surface area contributed by atoms with Crippen LogP contribution in [0.4, 0.5) is 20.2 Å². The lowest BCUT2D eigenvalue weighted by molar-refractivity contribution is -0.384. The first kappa shape index (κ1) is 18.8. The zero-order valence-electron chi connectivity index (χ0n) is 13.3. The van der Waals surface area contributed by atoms with Crippen molar-refractivity contribution >= 4 is 23.3 Å². The van der Waals surface area contributed by atoms with Crippen LogP contribution in [0.1, 0.15) is 10.4 Å². The number of benzene rings is 2. The number of carbonyl (C=O) groups is 2. The predicted octanol–water partition coefficient (Wildman–Crippen LogP) is 2.68. The standard InChI is InChI=1S/C16H12F2N2O6/c1-25-14-7-10(20(23)24)3-5-13(14)19-15(21)8-26-16(22)11-4-2-9(17)6-12(11)18/h2-7H,8H2,1H3,(H,19,21). The van der Waals surface area contributed by atoms with Gasteiger partial charge >= 0.3 is 5.97 Å². The molecule has 0 atom stereocenters. The van der Waals surface area contributed by atoms with Crippen LogP contribution in [0.25, 0.3) is 0 Å². The van der Waals surface area contributed by atoms with Gasteiger partial charge in [0, 0.05) is 12.1 Å². The summed E-state index contributed by atoms with van der Waals surface area (Å²) in [7, 11) is 1.26. The highest BCUT2D eigenvalue weighted by Gasteiger charge is 2.17. The Hall–Kier alpha value is -3.56. The molecule has 0 spiro atoms. The highest BCUT2D eigenvalue weighted by molar-refractivity contribution is 5.96. The smallest absolute Gasteiger partial charge is 0.341 e. The van der Waals surface area contributed by atoms with Gasteiger partial charge in [0.15, 0.2) is 6.61 Å². The maximum Gasteiger partial charge on any atom is 0.341 e. The molecule has 0 heterocycles. The van der Waals surface area contributed by atoms with Gasteiger partial charge in [0.05, 0.1) is 29.4 Å². The van der Waals surface area contributed by atoms with Crippen molar-refractivity contribution in [1.82, 2.24) is 0 Å². The first-order valence-corrected chi connectivity index (χ1v) is 7.06. The lowest BCUT2D eigenvalue weighted by Crippen LogP contribution is -2.21. The van der Waals surface area contributed by atoms with E-state index in [2.05, 4.69) is 10.1 Å². The van der Waals surface area contributed by atoms with Gasteiger partial charge in [-0.2, -0.15) is 0 Å². The van der Waals surface area contributed by atoms with E-state index in [0.717, 1.165) is 24.3 Å². The normalized spacial score (nSPS) is 10.1. The molecule has 0 saturated heterocycles. The summed E-state index contributed by atoms with van der Waals surface area (Å²) in [5.74, 6) is -3.88. The summed E-state index contributed by atoms with van der Waals surface area (Å²) in [6.45, 7) is -0.754. The molecule has 26 heavy (non-hydrogen) atoms. The summed E-state index contributed by atoms with van der Waals surface area (Å²) in [5.41, 5.74) is -0.641. The third-order valence-corrected chi connectivity index (χ3v) is 3.16. The van der Waals surface area contributed by atoms with Crippen molar-refractivity contribution in [2.75, 3.05) is 19.0 Å². The van der Waals surface area contributed by atoms with Crippen molar-refractivity contribution in [1.29, 1.82) is 0 Å². The van der Waals surface area contributed by atoms with Crippen LogP contribution < -0.4 is 10.1 Å². The number of amides is 1. The molecular weight excluding hydrogens is 354 g/mol. The number of nitro benzene ring substituents is 1. The highest BCUT2D eigenvalue weighted by Crippen LogP contribution is 2.28. The average Bonchev–Trinajstić information content (AvgIpc) is 2.59. The van der Waals surface area contributed by atoms with Crippen molar-refractivity contribution < 1.29 is 32.8 Å². The molecule has 0 aliphatic heterocycles. The molecule has 136 valence electrons. The van der Waals surface area contributed by atoms with Crippen LogP contribution in [0, 0.1) is 21.7 Å². The molecule has 8 nitrogen and oxygen atoms in total. The molecule has 0 saturated carbocycles. The summed E-state index contributed by atoms with van der Waals surface area (Å²) in [6.07, 6.45) is 0. The molecule has 2 aromatic carbocycles. The molecule has 1 amide bonds. The summed E-state index contributed by atoms with van der Waals surface area (Å²) in [4.78, 5) is 33.6. The number of nitrogens with zero attached hydrogens (tertiary/aromatic N) is 1. The van der Waals surface area contributed by atoms with Crippen molar-refractivity contribution in [3.63, 3.8) is 0 Å². The van der Waals surface area contributed by atoms with E-state index < -0.39 is 40.6 Å². The van der Waals surface area contributed by atoms with E-state index in [1.165, 1.54) is 13.2 Å². The Labute approximate surface area is 145 Å². The third kappa shape index (κ3) is 4.50. The molecule has 2 aromatic rings. The second-order valence-electron chi connectivity index (χ2n) is 4.89. The van der Waals surface area contributed by atoms with Crippen molar-refractivity contribution in [3.05, 3.63) is 63.7 Å². The number of nitro groups is 1. The Balaban J connectivity index is 2.00. The lowest BCUT2D eigenvalue weighted by Gasteiger charge is -2.10. The monoisotopic (exact) mass is 366 g/mol. The zero-order chi connectivity index (χ0) is 19.3. The number of hydrogen-bond acceptors (Lipinski definition) is 6. The molecule has 0 unspecified atom stereocenters. The Morgan fingerprint density at radius 2 is 1.92 bits per heavy atom. The second kappa shape index (κ2) is 8.01. The fraction of sp³-hybridized carbons (Fsp3) is 0.125. The third-order valence-electron chi connectivity index (χ3n) is 3.16. The fourth-order valence-electron chi connectivity index (χ4n) is 1.95. The van der Waals surface area contributed by atoms with Crippen molar-refractivity contribution in [2.24, 2.45) is 0 Å². The van der Waals surface area contributed by atoms with E-state index in [-0.39, 0.29) is 17.1 Å². The van der Waals surface area contributed by atoms with Gasteiger partial charge in [0.1, 0.15) is 17.4 Å². The number of ether oxygens (including phenoxy) is 2. The van der Waals surface area contributed by atoms with Gasteiger partial charge in [-0.15, -0.1) is 0 Å². The van der Waals surface area contributed by atoms with Crippen LogP contribution in [-0.4, -0.2) is 30.5 Å². The maximum atomic E-state index is 13.5. The van der Waals surface area contributed by atoms with Gasteiger partial charge < -0.3 is 14.8 Å². The predicted molar refractivity (Wildman–Crippen MR) is 84.9 cm³/mol. The van der Waals surface area contributed by atoms with E-state index in [9.17, 15) is 28.5 Å². The Bertz CT molecular complexity index is 872. The Morgan fingerprint density at radius 1 is 1.19 bits per heavy atom. The fourth-order valence-corrected chi connectivity index (χ4v) is 1.95. The van der Waals surface area contributed by atoms with E-state index in [1.807, 2.05) is 0 Å². The molecule has 0 bridgehead atoms. The highest BCUT2D eigenvalue weighted by atomic mass is 19.1. The SMILES string of the molecule is COc1cc([N+](=O)[O-])ccc1NC(=O)COC(=O)c1ccc(F)cc1F. The van der Waals surface area contributed by atoms with Gasteiger partial charge in [0.25, 0.3) is 11.6 Å². The van der Waals surface area contributed by atoms with Crippen LogP contribution >= 0.6 is 0 Å². The van der Waals surface area contributed by atoms with Gasteiger partial charge in [-0.1, -0.05) is 0 Å². The van der Waals surface area contributed by atoms with Crippen LogP contribution in [0.15, 0.2) is 36.4 Å². The van der Waals surface area contributed by atoms with Crippen molar-refractivity contribution in [2.45, 2.75) is 0 Å². The lowest BCUT2D eigenvalue weighted by atomic mass is 10.2. The molecule has 2 rings (SSSR count). The van der Waals surface area contributed by atoms with Crippen molar-refractivity contribution in [3.8, 4) is 5.75 Å². The summed E-state index contributed by atoms with van der Waals surface area (Å²) in [6, 6.07) is 5.79. The van der Waals surface area contributed by atoms with Crippen LogP contribution in [0.5, 0.6) is 5.75 Å². The van der Waals surface area contributed by atoms with E-state index in [0.29, 0.717) is 6.07 Å².